The van der Waals surface area contributed by atoms with E-state index >= 15 is 0 Å². The lowest BCUT2D eigenvalue weighted by Crippen LogP contribution is -2.70. The van der Waals surface area contributed by atoms with Gasteiger partial charge < -0.3 is 5.48 Å². The summed E-state index contributed by atoms with van der Waals surface area (Å²) < 4.78 is 73.4. The molecule has 4 N–H and O–H groups in total. The second kappa shape index (κ2) is 3.80. The molecule has 1 saturated heterocycles. The zero-order valence-electron chi connectivity index (χ0n) is 7.55. The van der Waals surface area contributed by atoms with E-state index in [1.54, 1.807) is 0 Å². The van der Waals surface area contributed by atoms with Crippen molar-refractivity contribution in [1.29, 1.82) is 0 Å². The number of hydrogen-bond donors (Lipinski definition) is 2. The van der Waals surface area contributed by atoms with Crippen LogP contribution in [0.25, 0.3) is 0 Å². The average molecular weight is 240 g/mol. The first-order chi connectivity index (χ1) is 6.10. The normalized spacial score (nSPS) is 26.2. The minimum atomic E-state index is -5.41. The van der Waals surface area contributed by atoms with Gasteiger partial charge in [0.2, 0.25) is 0 Å². The molecule has 0 aromatic heterocycles. The van der Waals surface area contributed by atoms with E-state index in [0.717, 1.165) is 0 Å². The maximum absolute atomic E-state index is 12.2. The van der Waals surface area contributed by atoms with Crippen LogP contribution in [0.2, 0.25) is 0 Å². The van der Waals surface area contributed by atoms with Gasteiger partial charge in [0.25, 0.3) is 5.66 Å². The Balaban J connectivity index is 0.00000196. The zero-order valence-corrected chi connectivity index (χ0v) is 7.55. The third-order valence-electron chi connectivity index (χ3n) is 1.99. The molecule has 0 aromatic carbocycles. The smallest absolute Gasteiger partial charge is 0.412 e. The van der Waals surface area contributed by atoms with Crippen molar-refractivity contribution < 1.29 is 31.8 Å². The van der Waals surface area contributed by atoms with Crippen molar-refractivity contribution in [3.8, 4) is 0 Å². The molecule has 1 aliphatic heterocycles. The van der Waals surface area contributed by atoms with Crippen LogP contribution < -0.4 is 10.6 Å². The highest BCUT2D eigenvalue weighted by molar-refractivity contribution is 5.05. The van der Waals surface area contributed by atoms with Crippen molar-refractivity contribution in [2.75, 3.05) is 6.54 Å². The Morgan fingerprint density at radius 3 is 1.60 bits per heavy atom. The Kier molecular flexibility index (Phi) is 3.66. The number of nitrogens with one attached hydrogen (secondary N) is 2. The molecule has 15 heavy (non-hydrogen) atoms. The van der Waals surface area contributed by atoms with Gasteiger partial charge >= 0.3 is 12.4 Å². The van der Waals surface area contributed by atoms with Crippen molar-refractivity contribution >= 4 is 0 Å². The van der Waals surface area contributed by atoms with Crippen LogP contribution in [0, 0.1) is 0 Å². The Morgan fingerprint density at radius 2 is 1.47 bits per heavy atom. The van der Waals surface area contributed by atoms with Crippen molar-refractivity contribution in [1.82, 2.24) is 10.6 Å². The molecule has 92 valence electrons. The van der Waals surface area contributed by atoms with E-state index in [1.807, 2.05) is 0 Å². The van der Waals surface area contributed by atoms with Crippen molar-refractivity contribution in [3.05, 3.63) is 0 Å². The molecule has 0 aromatic rings. The highest BCUT2D eigenvalue weighted by Gasteiger charge is 2.73. The molecule has 1 fully saturated rings. The monoisotopic (exact) mass is 240 g/mol. The van der Waals surface area contributed by atoms with E-state index in [-0.39, 0.29) is 12.0 Å². The van der Waals surface area contributed by atoms with Crippen molar-refractivity contribution in [3.63, 3.8) is 0 Å². The van der Waals surface area contributed by atoms with Crippen LogP contribution in [0.5, 0.6) is 0 Å². The van der Waals surface area contributed by atoms with Crippen LogP contribution in [-0.2, 0) is 0 Å². The second-order valence-corrected chi connectivity index (χ2v) is 3.17. The predicted molar refractivity (Wildman–Crippen MR) is 39.1 cm³/mol. The number of hydrogen-bond acceptors (Lipinski definition) is 2. The first-order valence-electron chi connectivity index (χ1n) is 3.76. The molecule has 0 saturated carbocycles. The van der Waals surface area contributed by atoms with E-state index in [1.165, 1.54) is 17.6 Å². The summed E-state index contributed by atoms with van der Waals surface area (Å²) in [6.07, 6.45) is -10.8. The number of rotatable bonds is 0. The van der Waals surface area contributed by atoms with Gasteiger partial charge in [0.1, 0.15) is 0 Å². The summed E-state index contributed by atoms with van der Waals surface area (Å²) in [4.78, 5) is 0. The number of alkyl halides is 6. The minimum absolute atomic E-state index is 0. The summed E-state index contributed by atoms with van der Waals surface area (Å²) in [6, 6.07) is -0.877. The molecular formula is C6H10F6N2O. The van der Waals surface area contributed by atoms with E-state index in [9.17, 15) is 26.3 Å². The topological polar surface area (TPSA) is 55.6 Å². The SMILES string of the molecule is CC1CNC(C(F)(F)F)(C(F)(F)F)N1.O. The second-order valence-electron chi connectivity index (χ2n) is 3.17. The quantitative estimate of drug-likeness (QED) is 0.608. The van der Waals surface area contributed by atoms with Crippen molar-refractivity contribution in [2.45, 2.75) is 31.0 Å². The molecule has 0 bridgehead atoms. The van der Waals surface area contributed by atoms with Gasteiger partial charge in [-0.2, -0.15) is 26.3 Å². The summed E-state index contributed by atoms with van der Waals surface area (Å²) in [6.45, 7) is 0.866. The Labute approximate surface area is 81.1 Å². The summed E-state index contributed by atoms with van der Waals surface area (Å²) in [7, 11) is 0. The van der Waals surface area contributed by atoms with Gasteiger partial charge in [-0.25, -0.2) is 0 Å². The van der Waals surface area contributed by atoms with E-state index in [0.29, 0.717) is 0 Å². The predicted octanol–water partition coefficient (Wildman–Crippen LogP) is 0.564. The van der Waals surface area contributed by atoms with Crippen LogP contribution in [-0.4, -0.2) is 36.1 Å². The van der Waals surface area contributed by atoms with Crippen LogP contribution >= 0.6 is 0 Å². The largest absolute Gasteiger partial charge is 0.429 e. The van der Waals surface area contributed by atoms with Gasteiger partial charge in [0.05, 0.1) is 0 Å². The Morgan fingerprint density at radius 1 is 1.07 bits per heavy atom. The molecule has 9 heteroatoms. The molecule has 0 amide bonds. The minimum Gasteiger partial charge on any atom is -0.412 e. The third-order valence-corrected chi connectivity index (χ3v) is 1.99. The van der Waals surface area contributed by atoms with E-state index in [4.69, 9.17) is 0 Å². The van der Waals surface area contributed by atoms with Gasteiger partial charge in [0.15, 0.2) is 0 Å². The summed E-state index contributed by atoms with van der Waals surface area (Å²) >= 11 is 0. The summed E-state index contributed by atoms with van der Waals surface area (Å²) in [5.41, 5.74) is -3.96. The fourth-order valence-electron chi connectivity index (χ4n) is 1.30. The molecular weight excluding hydrogens is 230 g/mol. The summed E-state index contributed by atoms with van der Waals surface area (Å²) in [5.74, 6) is 0. The lowest BCUT2D eigenvalue weighted by Gasteiger charge is -2.34. The Bertz CT molecular complexity index is 211. The maximum atomic E-state index is 12.2. The fourth-order valence-corrected chi connectivity index (χ4v) is 1.30. The van der Waals surface area contributed by atoms with E-state index < -0.39 is 24.1 Å². The molecule has 0 aliphatic carbocycles. The first kappa shape index (κ1) is 14.5. The van der Waals surface area contributed by atoms with Crippen molar-refractivity contribution in [2.24, 2.45) is 0 Å². The average Bonchev–Trinajstić information content (AvgIpc) is 2.28. The van der Waals surface area contributed by atoms with Crippen LogP contribution in [0.3, 0.4) is 0 Å². The molecule has 1 unspecified atom stereocenters. The highest BCUT2D eigenvalue weighted by Crippen LogP contribution is 2.42. The van der Waals surface area contributed by atoms with Gasteiger partial charge in [-0.05, 0) is 6.92 Å². The molecule has 1 heterocycles. The molecule has 1 rings (SSSR count). The Hall–Kier alpha value is -0.540. The molecule has 3 nitrogen and oxygen atoms in total. The van der Waals surface area contributed by atoms with Crippen LogP contribution in [0.4, 0.5) is 26.3 Å². The third kappa shape index (κ3) is 2.18. The van der Waals surface area contributed by atoms with Gasteiger partial charge in [-0.3, -0.25) is 10.6 Å². The van der Waals surface area contributed by atoms with Gasteiger partial charge in [-0.1, -0.05) is 0 Å². The van der Waals surface area contributed by atoms with Crippen LogP contribution in [0.15, 0.2) is 0 Å². The van der Waals surface area contributed by atoms with Gasteiger partial charge in [-0.15, -0.1) is 0 Å². The van der Waals surface area contributed by atoms with Crippen LogP contribution in [0.1, 0.15) is 6.92 Å². The van der Waals surface area contributed by atoms with Gasteiger partial charge in [0, 0.05) is 12.6 Å². The van der Waals surface area contributed by atoms with E-state index in [2.05, 4.69) is 0 Å². The molecule has 1 atom stereocenters. The highest BCUT2D eigenvalue weighted by atomic mass is 19.4. The summed E-state index contributed by atoms with van der Waals surface area (Å²) in [5, 5.41) is 2.92. The first-order valence-corrected chi connectivity index (χ1v) is 3.76. The number of halogens is 6. The fraction of sp³-hybridized carbons (Fsp3) is 1.00. The molecule has 1 aliphatic rings. The molecule has 0 spiro atoms. The lowest BCUT2D eigenvalue weighted by atomic mass is 10.1. The standard InChI is InChI=1S/C6H8F6N2.H2O/c1-3-2-13-4(14-3,5(7,8)9)6(10,11)12;/h3,13-14H,2H2,1H3;1H2. The lowest BCUT2D eigenvalue weighted by molar-refractivity contribution is -0.311. The zero-order chi connectivity index (χ0) is 11.2. The molecule has 0 radical (unpaired) electrons. The maximum Gasteiger partial charge on any atom is 0.429 e.